The van der Waals surface area contributed by atoms with Gasteiger partial charge in [0.25, 0.3) is 0 Å². The van der Waals surface area contributed by atoms with Crippen LogP contribution in [-0.2, 0) is 4.74 Å². The Bertz CT molecular complexity index is 635. The number of guanidine groups is 1. The summed E-state index contributed by atoms with van der Waals surface area (Å²) in [5.74, 6) is 2.60. The minimum atomic E-state index is 0. The van der Waals surface area contributed by atoms with Gasteiger partial charge < -0.3 is 24.6 Å². The Hall–Kier alpha value is -1.22. The Balaban J connectivity index is 0.00000300. The first-order valence-electron chi connectivity index (χ1n) is 10.8. The smallest absolute Gasteiger partial charge is 0.193 e. The van der Waals surface area contributed by atoms with Crippen LogP contribution in [-0.4, -0.2) is 69.9 Å². The molecule has 29 heavy (non-hydrogen) atoms. The number of likely N-dealkylation sites (tertiary alicyclic amines) is 1. The Morgan fingerprint density at radius 3 is 2.59 bits per heavy atom. The molecule has 1 atom stereocenters. The van der Waals surface area contributed by atoms with Crippen molar-refractivity contribution in [3.8, 4) is 5.75 Å². The third-order valence-corrected chi connectivity index (χ3v) is 5.69. The van der Waals surface area contributed by atoms with E-state index in [1.54, 1.807) is 7.11 Å². The maximum absolute atomic E-state index is 5.78. The van der Waals surface area contributed by atoms with Gasteiger partial charge in [0.1, 0.15) is 5.75 Å². The van der Waals surface area contributed by atoms with Gasteiger partial charge in [-0.05, 0) is 51.2 Å². The number of hydrogen-bond donors (Lipinski definition) is 1. The van der Waals surface area contributed by atoms with E-state index in [1.807, 2.05) is 12.1 Å². The second kappa shape index (κ2) is 12.5. The molecule has 2 saturated heterocycles. The largest absolute Gasteiger partial charge is 0.495 e. The summed E-state index contributed by atoms with van der Waals surface area (Å²) in [4.78, 5) is 9.82. The van der Waals surface area contributed by atoms with E-state index in [1.165, 1.54) is 12.1 Å². The molecule has 1 aromatic rings. The molecule has 7 heteroatoms. The van der Waals surface area contributed by atoms with Crippen LogP contribution in [0.25, 0.3) is 0 Å². The third-order valence-electron chi connectivity index (χ3n) is 5.69. The van der Waals surface area contributed by atoms with Crippen LogP contribution in [0, 0.1) is 5.92 Å². The fraction of sp³-hybridized carbons (Fsp3) is 0.682. The number of rotatable bonds is 7. The summed E-state index contributed by atoms with van der Waals surface area (Å²) in [7, 11) is 1.74. The molecule has 164 valence electrons. The van der Waals surface area contributed by atoms with Gasteiger partial charge in [-0.1, -0.05) is 12.1 Å². The van der Waals surface area contributed by atoms with E-state index in [9.17, 15) is 0 Å². The van der Waals surface area contributed by atoms with Gasteiger partial charge in [0.05, 0.1) is 18.9 Å². The van der Waals surface area contributed by atoms with E-state index < -0.39 is 0 Å². The monoisotopic (exact) mass is 516 g/mol. The van der Waals surface area contributed by atoms with Crippen molar-refractivity contribution in [1.29, 1.82) is 0 Å². The van der Waals surface area contributed by atoms with Crippen LogP contribution < -0.4 is 15.0 Å². The van der Waals surface area contributed by atoms with Crippen LogP contribution >= 0.6 is 24.0 Å². The number of para-hydroxylation sites is 2. The van der Waals surface area contributed by atoms with Crippen LogP contribution in [0.4, 0.5) is 5.69 Å². The lowest BCUT2D eigenvalue weighted by atomic mass is 10.1. The number of anilines is 1. The fourth-order valence-electron chi connectivity index (χ4n) is 4.20. The second-order valence-electron chi connectivity index (χ2n) is 7.61. The summed E-state index contributed by atoms with van der Waals surface area (Å²) in [6, 6.07) is 8.29. The number of ether oxygens (including phenoxy) is 2. The molecule has 1 aromatic carbocycles. The third kappa shape index (κ3) is 6.64. The molecule has 0 amide bonds. The van der Waals surface area contributed by atoms with Gasteiger partial charge in [-0.25, -0.2) is 0 Å². The van der Waals surface area contributed by atoms with E-state index in [0.29, 0.717) is 12.0 Å². The molecule has 6 nitrogen and oxygen atoms in total. The fourth-order valence-corrected chi connectivity index (χ4v) is 4.20. The van der Waals surface area contributed by atoms with Gasteiger partial charge in [0.15, 0.2) is 5.96 Å². The average Bonchev–Trinajstić information content (AvgIpc) is 3.21. The normalized spacial score (nSPS) is 20.5. The van der Waals surface area contributed by atoms with Gasteiger partial charge in [-0.15, -0.1) is 24.0 Å². The lowest BCUT2D eigenvalue weighted by Gasteiger charge is -2.34. The van der Waals surface area contributed by atoms with Crippen molar-refractivity contribution in [2.75, 3.05) is 57.9 Å². The molecule has 0 saturated carbocycles. The first-order chi connectivity index (χ1) is 13.7. The SMILES string of the molecule is CCNC(=NCC1CCN(c2ccccc2OC)C1)N1CCC(OCC)CC1.I. The summed E-state index contributed by atoms with van der Waals surface area (Å²) in [5.41, 5.74) is 1.20. The molecule has 2 aliphatic heterocycles. The molecule has 1 N–H and O–H groups in total. The standard InChI is InChI=1S/C22H36N4O2.HI/c1-4-23-22(25-14-11-19(12-15-25)28-5-2)24-16-18-10-13-26(17-18)20-8-6-7-9-21(20)27-3;/h6-9,18-19H,4-5,10-17H2,1-3H3,(H,23,24);1H. The highest BCUT2D eigenvalue weighted by Crippen LogP contribution is 2.32. The highest BCUT2D eigenvalue weighted by atomic mass is 127. The molecular formula is C22H37IN4O2. The lowest BCUT2D eigenvalue weighted by molar-refractivity contribution is 0.0263. The van der Waals surface area contributed by atoms with Crippen LogP contribution in [0.15, 0.2) is 29.3 Å². The van der Waals surface area contributed by atoms with Crippen LogP contribution in [0.3, 0.4) is 0 Å². The van der Waals surface area contributed by atoms with E-state index in [0.717, 1.165) is 70.4 Å². The number of benzene rings is 1. The Morgan fingerprint density at radius 2 is 1.90 bits per heavy atom. The summed E-state index contributed by atoms with van der Waals surface area (Å²) >= 11 is 0. The van der Waals surface area contributed by atoms with Crippen molar-refractivity contribution in [2.24, 2.45) is 10.9 Å². The Labute approximate surface area is 193 Å². The maximum atomic E-state index is 5.78. The van der Waals surface area contributed by atoms with Crippen molar-refractivity contribution in [1.82, 2.24) is 10.2 Å². The molecule has 0 bridgehead atoms. The highest BCUT2D eigenvalue weighted by molar-refractivity contribution is 14.0. The Morgan fingerprint density at radius 1 is 1.14 bits per heavy atom. The van der Waals surface area contributed by atoms with Gasteiger partial charge in [-0.3, -0.25) is 4.99 Å². The number of methoxy groups -OCH3 is 1. The zero-order chi connectivity index (χ0) is 19.8. The molecule has 2 aliphatic rings. The first-order valence-corrected chi connectivity index (χ1v) is 10.8. The average molecular weight is 516 g/mol. The van der Waals surface area contributed by atoms with Gasteiger partial charge in [-0.2, -0.15) is 0 Å². The van der Waals surface area contributed by atoms with Crippen LogP contribution in [0.1, 0.15) is 33.1 Å². The number of nitrogens with zero attached hydrogens (tertiary/aromatic N) is 3. The molecule has 0 aromatic heterocycles. The van der Waals surface area contributed by atoms with Crippen molar-refractivity contribution >= 4 is 35.6 Å². The van der Waals surface area contributed by atoms with E-state index in [2.05, 4.69) is 41.1 Å². The molecule has 0 radical (unpaired) electrons. The Kier molecular flexibility index (Phi) is 10.3. The predicted molar refractivity (Wildman–Crippen MR) is 131 cm³/mol. The molecule has 2 heterocycles. The van der Waals surface area contributed by atoms with Crippen LogP contribution in [0.5, 0.6) is 5.75 Å². The van der Waals surface area contributed by atoms with Gasteiger partial charge in [0, 0.05) is 45.9 Å². The van der Waals surface area contributed by atoms with Crippen LogP contribution in [0.2, 0.25) is 0 Å². The van der Waals surface area contributed by atoms with Gasteiger partial charge >= 0.3 is 0 Å². The number of piperidine rings is 1. The minimum Gasteiger partial charge on any atom is -0.495 e. The van der Waals surface area contributed by atoms with E-state index >= 15 is 0 Å². The summed E-state index contributed by atoms with van der Waals surface area (Å²) in [6.45, 7) is 11.0. The summed E-state index contributed by atoms with van der Waals surface area (Å²) < 4.78 is 11.3. The molecule has 2 fully saturated rings. The number of nitrogens with one attached hydrogen (secondary N) is 1. The summed E-state index contributed by atoms with van der Waals surface area (Å²) in [5, 5.41) is 3.49. The number of aliphatic imine (C=N–C) groups is 1. The molecule has 1 unspecified atom stereocenters. The zero-order valence-corrected chi connectivity index (χ0v) is 20.4. The van der Waals surface area contributed by atoms with E-state index in [4.69, 9.17) is 14.5 Å². The maximum Gasteiger partial charge on any atom is 0.193 e. The first kappa shape index (κ1) is 24.1. The zero-order valence-electron chi connectivity index (χ0n) is 18.1. The minimum absolute atomic E-state index is 0. The highest BCUT2D eigenvalue weighted by Gasteiger charge is 2.26. The van der Waals surface area contributed by atoms with Gasteiger partial charge in [0.2, 0.25) is 0 Å². The lowest BCUT2D eigenvalue weighted by Crippen LogP contribution is -2.47. The summed E-state index contributed by atoms with van der Waals surface area (Å²) in [6.07, 6.45) is 3.76. The van der Waals surface area contributed by atoms with Crippen molar-refractivity contribution in [3.05, 3.63) is 24.3 Å². The molecule has 0 spiro atoms. The number of halogens is 1. The van der Waals surface area contributed by atoms with Crippen molar-refractivity contribution in [2.45, 2.75) is 39.2 Å². The second-order valence-corrected chi connectivity index (χ2v) is 7.61. The predicted octanol–water partition coefficient (Wildman–Crippen LogP) is 3.61. The molecule has 3 rings (SSSR count). The van der Waals surface area contributed by atoms with Crippen molar-refractivity contribution in [3.63, 3.8) is 0 Å². The van der Waals surface area contributed by atoms with Crippen molar-refractivity contribution < 1.29 is 9.47 Å². The van der Waals surface area contributed by atoms with E-state index in [-0.39, 0.29) is 24.0 Å². The quantitative estimate of drug-likeness (QED) is 0.341. The molecule has 0 aliphatic carbocycles. The topological polar surface area (TPSA) is 49.3 Å². The number of hydrogen-bond acceptors (Lipinski definition) is 4. The molecular weight excluding hydrogens is 479 g/mol.